The molecule has 0 unspecified atom stereocenters. The minimum absolute atomic E-state index is 0.0193. The molecule has 0 radical (unpaired) electrons. The highest BCUT2D eigenvalue weighted by molar-refractivity contribution is 6.31. The molecule has 5 heteroatoms. The van der Waals surface area contributed by atoms with E-state index in [4.69, 9.17) is 11.6 Å². The zero-order chi connectivity index (χ0) is 12.3. The lowest BCUT2D eigenvalue weighted by Gasteiger charge is -2.21. The molecule has 1 heterocycles. The van der Waals surface area contributed by atoms with Crippen molar-refractivity contribution in [2.75, 3.05) is 18.4 Å². The fourth-order valence-electron chi connectivity index (χ4n) is 1.90. The van der Waals surface area contributed by atoms with Gasteiger partial charge < -0.3 is 10.6 Å². The molecule has 1 amide bonds. The highest BCUT2D eigenvalue weighted by Gasteiger charge is 2.20. The number of anilines is 1. The fraction of sp³-hybridized carbons (Fsp3) is 0.417. The van der Waals surface area contributed by atoms with Crippen LogP contribution in [-0.4, -0.2) is 19.0 Å². The maximum atomic E-state index is 12.9. The molecular formula is C12H14ClFN2O. The van der Waals surface area contributed by atoms with E-state index in [1.54, 1.807) is 0 Å². The number of carbonyl (C=O) groups is 1. The summed E-state index contributed by atoms with van der Waals surface area (Å²) in [6.07, 6.45) is 1.67. The summed E-state index contributed by atoms with van der Waals surface area (Å²) in [7, 11) is 0. The summed E-state index contributed by atoms with van der Waals surface area (Å²) in [6.45, 7) is 1.73. The number of hydrogen-bond donors (Lipinski definition) is 2. The Morgan fingerprint density at radius 3 is 2.76 bits per heavy atom. The van der Waals surface area contributed by atoms with Crippen LogP contribution in [0.5, 0.6) is 0 Å². The summed E-state index contributed by atoms with van der Waals surface area (Å²) in [5, 5.41) is 5.98. The predicted molar refractivity (Wildman–Crippen MR) is 65.6 cm³/mol. The Balaban J connectivity index is 1.99. The number of carbonyl (C=O) groups excluding carboxylic acids is 1. The van der Waals surface area contributed by atoms with Gasteiger partial charge in [-0.05, 0) is 44.1 Å². The zero-order valence-corrected chi connectivity index (χ0v) is 10.1. The van der Waals surface area contributed by atoms with Gasteiger partial charge in [0.1, 0.15) is 5.82 Å². The average Bonchev–Trinajstić information content (AvgIpc) is 2.35. The van der Waals surface area contributed by atoms with E-state index in [2.05, 4.69) is 10.6 Å². The first-order valence-electron chi connectivity index (χ1n) is 5.63. The topological polar surface area (TPSA) is 41.1 Å². The van der Waals surface area contributed by atoms with Crippen molar-refractivity contribution in [2.45, 2.75) is 12.8 Å². The van der Waals surface area contributed by atoms with E-state index >= 15 is 0 Å². The molecule has 1 aromatic carbocycles. The van der Waals surface area contributed by atoms with Crippen molar-refractivity contribution in [3.8, 4) is 0 Å². The van der Waals surface area contributed by atoms with E-state index in [0.29, 0.717) is 5.69 Å². The number of nitrogens with one attached hydrogen (secondary N) is 2. The van der Waals surface area contributed by atoms with Crippen LogP contribution in [0.4, 0.5) is 10.1 Å². The second-order valence-electron chi connectivity index (χ2n) is 4.14. The molecular weight excluding hydrogens is 243 g/mol. The van der Waals surface area contributed by atoms with Gasteiger partial charge in [0, 0.05) is 11.6 Å². The van der Waals surface area contributed by atoms with Gasteiger partial charge in [0.15, 0.2) is 0 Å². The maximum absolute atomic E-state index is 12.9. The molecule has 0 aromatic heterocycles. The van der Waals surface area contributed by atoms with Crippen LogP contribution in [0, 0.1) is 11.7 Å². The summed E-state index contributed by atoms with van der Waals surface area (Å²) in [6, 6.07) is 4.19. The van der Waals surface area contributed by atoms with Gasteiger partial charge in [0.2, 0.25) is 5.91 Å². The van der Waals surface area contributed by atoms with Crippen LogP contribution >= 0.6 is 11.6 Å². The van der Waals surface area contributed by atoms with Crippen LogP contribution in [-0.2, 0) is 4.79 Å². The summed E-state index contributed by atoms with van der Waals surface area (Å²) in [4.78, 5) is 11.9. The van der Waals surface area contributed by atoms with Gasteiger partial charge in [-0.15, -0.1) is 0 Å². The van der Waals surface area contributed by atoms with Crippen LogP contribution in [0.15, 0.2) is 18.2 Å². The van der Waals surface area contributed by atoms with E-state index in [0.717, 1.165) is 25.9 Å². The number of hydrogen-bond acceptors (Lipinski definition) is 2. The molecule has 0 atom stereocenters. The van der Waals surface area contributed by atoms with Crippen LogP contribution in [0.1, 0.15) is 12.8 Å². The molecule has 1 fully saturated rings. The quantitative estimate of drug-likeness (QED) is 0.853. The van der Waals surface area contributed by atoms with E-state index in [1.165, 1.54) is 18.2 Å². The Kier molecular flexibility index (Phi) is 3.97. The van der Waals surface area contributed by atoms with Crippen LogP contribution in [0.25, 0.3) is 0 Å². The Hall–Kier alpha value is -1.13. The molecule has 0 saturated carbocycles. The smallest absolute Gasteiger partial charge is 0.227 e. The molecule has 2 rings (SSSR count). The molecule has 2 N–H and O–H groups in total. The van der Waals surface area contributed by atoms with Crippen molar-refractivity contribution in [2.24, 2.45) is 5.92 Å². The van der Waals surface area contributed by atoms with Gasteiger partial charge >= 0.3 is 0 Å². The average molecular weight is 257 g/mol. The zero-order valence-electron chi connectivity index (χ0n) is 9.30. The number of halogens is 2. The number of rotatable bonds is 2. The third-order valence-corrected chi connectivity index (χ3v) is 3.19. The van der Waals surface area contributed by atoms with Crippen molar-refractivity contribution in [1.82, 2.24) is 5.32 Å². The Bertz CT molecular complexity index is 419. The molecule has 1 saturated heterocycles. The molecule has 1 aromatic rings. The Morgan fingerprint density at radius 2 is 2.12 bits per heavy atom. The lowest BCUT2D eigenvalue weighted by atomic mass is 9.97. The second-order valence-corrected chi connectivity index (χ2v) is 4.55. The van der Waals surface area contributed by atoms with Gasteiger partial charge in [-0.1, -0.05) is 11.6 Å². The third-order valence-electron chi connectivity index (χ3n) is 2.90. The molecule has 1 aliphatic rings. The van der Waals surface area contributed by atoms with Crippen molar-refractivity contribution in [3.05, 3.63) is 29.0 Å². The molecule has 0 aliphatic carbocycles. The van der Waals surface area contributed by atoms with E-state index in [1.807, 2.05) is 0 Å². The monoisotopic (exact) mass is 256 g/mol. The van der Waals surface area contributed by atoms with Crippen molar-refractivity contribution in [1.29, 1.82) is 0 Å². The first-order chi connectivity index (χ1) is 8.16. The summed E-state index contributed by atoms with van der Waals surface area (Å²) < 4.78 is 12.9. The van der Waals surface area contributed by atoms with Gasteiger partial charge in [-0.25, -0.2) is 4.39 Å². The number of amides is 1. The molecule has 0 bridgehead atoms. The first kappa shape index (κ1) is 12.3. The minimum Gasteiger partial charge on any atom is -0.326 e. The van der Waals surface area contributed by atoms with Gasteiger partial charge in [-0.2, -0.15) is 0 Å². The van der Waals surface area contributed by atoms with Crippen molar-refractivity contribution < 1.29 is 9.18 Å². The summed E-state index contributed by atoms with van der Waals surface area (Å²) in [5.41, 5.74) is 0.542. The van der Waals surface area contributed by atoms with Crippen LogP contribution in [0.2, 0.25) is 5.02 Å². The van der Waals surface area contributed by atoms with E-state index in [9.17, 15) is 9.18 Å². The SMILES string of the molecule is O=C(Nc1ccc(F)c(Cl)c1)C1CCNCC1. The standard InChI is InChI=1S/C12H14ClFN2O/c13-10-7-9(1-2-11(10)14)16-12(17)8-3-5-15-6-4-8/h1-2,7-8,15H,3-6H2,(H,16,17). The Morgan fingerprint density at radius 1 is 1.41 bits per heavy atom. The van der Waals surface area contributed by atoms with Crippen molar-refractivity contribution >= 4 is 23.2 Å². The van der Waals surface area contributed by atoms with E-state index in [-0.39, 0.29) is 16.8 Å². The lowest BCUT2D eigenvalue weighted by Crippen LogP contribution is -2.34. The van der Waals surface area contributed by atoms with Gasteiger partial charge in [0.05, 0.1) is 5.02 Å². The van der Waals surface area contributed by atoms with Crippen LogP contribution < -0.4 is 10.6 Å². The van der Waals surface area contributed by atoms with E-state index < -0.39 is 5.82 Å². The van der Waals surface area contributed by atoms with Gasteiger partial charge in [-0.3, -0.25) is 4.79 Å². The minimum atomic E-state index is -0.480. The predicted octanol–water partition coefficient (Wildman–Crippen LogP) is 2.42. The normalized spacial score (nSPS) is 16.8. The summed E-state index contributed by atoms with van der Waals surface area (Å²) >= 11 is 5.65. The second kappa shape index (κ2) is 5.47. The number of piperidine rings is 1. The third kappa shape index (κ3) is 3.17. The molecule has 3 nitrogen and oxygen atoms in total. The molecule has 1 aliphatic heterocycles. The summed E-state index contributed by atoms with van der Waals surface area (Å²) in [5.74, 6) is -0.471. The molecule has 0 spiro atoms. The fourth-order valence-corrected chi connectivity index (χ4v) is 2.08. The van der Waals surface area contributed by atoms with Gasteiger partial charge in [0.25, 0.3) is 0 Å². The lowest BCUT2D eigenvalue weighted by molar-refractivity contribution is -0.120. The highest BCUT2D eigenvalue weighted by atomic mass is 35.5. The molecule has 92 valence electrons. The maximum Gasteiger partial charge on any atom is 0.227 e. The van der Waals surface area contributed by atoms with Crippen LogP contribution in [0.3, 0.4) is 0 Å². The molecule has 17 heavy (non-hydrogen) atoms. The first-order valence-corrected chi connectivity index (χ1v) is 6.01. The van der Waals surface area contributed by atoms with Crippen molar-refractivity contribution in [3.63, 3.8) is 0 Å². The Labute approximate surface area is 104 Å². The largest absolute Gasteiger partial charge is 0.326 e. The number of benzene rings is 1. The highest BCUT2D eigenvalue weighted by Crippen LogP contribution is 2.21.